The highest BCUT2D eigenvalue weighted by atomic mass is 16.3. The van der Waals surface area contributed by atoms with Crippen LogP contribution in [-0.4, -0.2) is 15.3 Å². The Labute approximate surface area is 110 Å². The first-order chi connectivity index (χ1) is 8.61. The van der Waals surface area contributed by atoms with E-state index in [9.17, 15) is 5.11 Å². The molecule has 1 fully saturated rings. The molecule has 1 N–H and O–H groups in total. The number of hydrogen-bond donors (Lipinski definition) is 1. The van der Waals surface area contributed by atoms with Crippen LogP contribution in [0.15, 0.2) is 6.07 Å². The number of aliphatic hydroxyl groups is 1. The second-order valence-corrected chi connectivity index (χ2v) is 5.71. The molecule has 2 rings (SSSR count). The van der Waals surface area contributed by atoms with Crippen LogP contribution in [-0.2, 0) is 6.42 Å². The molecule has 0 aromatic carbocycles. The minimum absolute atomic E-state index is 0.360. The first-order valence-corrected chi connectivity index (χ1v) is 7.13. The van der Waals surface area contributed by atoms with Crippen molar-refractivity contribution in [1.29, 1.82) is 0 Å². The van der Waals surface area contributed by atoms with Gasteiger partial charge in [0.1, 0.15) is 0 Å². The number of hydrogen-bond acceptors (Lipinski definition) is 3. The van der Waals surface area contributed by atoms with Crippen LogP contribution in [0, 0.1) is 18.8 Å². The normalized spacial score (nSPS) is 26.0. The van der Waals surface area contributed by atoms with Crippen LogP contribution >= 0.6 is 0 Å². The van der Waals surface area contributed by atoms with Gasteiger partial charge >= 0.3 is 0 Å². The summed E-state index contributed by atoms with van der Waals surface area (Å²) in [6, 6.07) is 2.01. The van der Waals surface area contributed by atoms with Gasteiger partial charge in [0.25, 0.3) is 0 Å². The Morgan fingerprint density at radius 2 is 1.94 bits per heavy atom. The van der Waals surface area contributed by atoms with Gasteiger partial charge in [0.15, 0.2) is 0 Å². The van der Waals surface area contributed by atoms with Crippen molar-refractivity contribution in [3.05, 3.63) is 23.0 Å². The SMILES string of the molecule is CCc1nnc(C)cc1C(O)C1CCC(C)CC1. The van der Waals surface area contributed by atoms with Gasteiger partial charge in [-0.25, -0.2) is 0 Å². The number of aliphatic hydroxyl groups excluding tert-OH is 1. The summed E-state index contributed by atoms with van der Waals surface area (Å²) in [5, 5.41) is 18.9. The van der Waals surface area contributed by atoms with Gasteiger partial charge in [0.05, 0.1) is 17.5 Å². The third-order valence-corrected chi connectivity index (χ3v) is 4.19. The zero-order valence-electron chi connectivity index (χ0n) is 11.7. The van der Waals surface area contributed by atoms with E-state index in [4.69, 9.17) is 0 Å². The Balaban J connectivity index is 2.17. The first kappa shape index (κ1) is 13.5. The molecule has 0 aliphatic heterocycles. The highest BCUT2D eigenvalue weighted by Crippen LogP contribution is 2.37. The van der Waals surface area contributed by atoms with Gasteiger partial charge in [0.2, 0.25) is 0 Å². The van der Waals surface area contributed by atoms with E-state index in [-0.39, 0.29) is 6.10 Å². The average Bonchev–Trinajstić information content (AvgIpc) is 2.39. The van der Waals surface area contributed by atoms with Crippen LogP contribution in [0.1, 0.15) is 62.6 Å². The summed E-state index contributed by atoms with van der Waals surface area (Å²) in [6.45, 7) is 6.31. The minimum Gasteiger partial charge on any atom is -0.388 e. The van der Waals surface area contributed by atoms with Crippen molar-refractivity contribution in [3.8, 4) is 0 Å². The van der Waals surface area contributed by atoms with Crippen molar-refractivity contribution in [2.45, 2.75) is 59.0 Å². The number of aromatic nitrogens is 2. The molecule has 18 heavy (non-hydrogen) atoms. The fraction of sp³-hybridized carbons (Fsp3) is 0.733. The zero-order valence-corrected chi connectivity index (χ0v) is 11.7. The van der Waals surface area contributed by atoms with Gasteiger partial charge in [-0.2, -0.15) is 10.2 Å². The van der Waals surface area contributed by atoms with Crippen LogP contribution in [0.2, 0.25) is 0 Å². The summed E-state index contributed by atoms with van der Waals surface area (Å²) in [6.07, 6.45) is 5.21. The number of rotatable bonds is 3. The topological polar surface area (TPSA) is 46.0 Å². The molecule has 1 aliphatic rings. The predicted molar refractivity (Wildman–Crippen MR) is 72.2 cm³/mol. The van der Waals surface area contributed by atoms with E-state index in [0.29, 0.717) is 5.92 Å². The quantitative estimate of drug-likeness (QED) is 0.893. The second kappa shape index (κ2) is 5.79. The van der Waals surface area contributed by atoms with Crippen molar-refractivity contribution in [2.75, 3.05) is 0 Å². The average molecular weight is 248 g/mol. The van der Waals surface area contributed by atoms with Crippen molar-refractivity contribution in [1.82, 2.24) is 10.2 Å². The lowest BCUT2D eigenvalue weighted by Crippen LogP contribution is -2.21. The standard InChI is InChI=1S/C15H24N2O/c1-4-14-13(9-11(3)16-17-14)15(18)12-7-5-10(2)6-8-12/h9-10,12,15,18H,4-8H2,1-3H3. The minimum atomic E-state index is -0.360. The van der Waals surface area contributed by atoms with Crippen molar-refractivity contribution >= 4 is 0 Å². The van der Waals surface area contributed by atoms with Crippen molar-refractivity contribution < 1.29 is 5.11 Å². The molecule has 1 aromatic heterocycles. The molecule has 1 aromatic rings. The highest BCUT2D eigenvalue weighted by Gasteiger charge is 2.27. The van der Waals surface area contributed by atoms with Crippen LogP contribution in [0.3, 0.4) is 0 Å². The van der Waals surface area contributed by atoms with Gasteiger partial charge in [-0.1, -0.05) is 26.7 Å². The molecule has 1 aliphatic carbocycles. The van der Waals surface area contributed by atoms with E-state index >= 15 is 0 Å². The Hall–Kier alpha value is -0.960. The molecule has 0 amide bonds. The molecular formula is C15H24N2O. The Kier molecular flexibility index (Phi) is 4.33. The van der Waals surface area contributed by atoms with E-state index in [1.54, 1.807) is 0 Å². The van der Waals surface area contributed by atoms with Crippen LogP contribution in [0.25, 0.3) is 0 Å². The Bertz CT molecular complexity index is 397. The van der Waals surface area contributed by atoms with Crippen LogP contribution in [0.4, 0.5) is 0 Å². The highest BCUT2D eigenvalue weighted by molar-refractivity contribution is 5.24. The van der Waals surface area contributed by atoms with Crippen LogP contribution < -0.4 is 0 Å². The number of nitrogens with zero attached hydrogens (tertiary/aromatic N) is 2. The lowest BCUT2D eigenvalue weighted by atomic mass is 9.78. The van der Waals surface area contributed by atoms with E-state index in [0.717, 1.165) is 42.1 Å². The first-order valence-electron chi connectivity index (χ1n) is 7.13. The predicted octanol–water partition coefficient (Wildman–Crippen LogP) is 3.21. The fourth-order valence-electron chi connectivity index (χ4n) is 2.92. The summed E-state index contributed by atoms with van der Waals surface area (Å²) >= 11 is 0. The third kappa shape index (κ3) is 2.89. The van der Waals surface area contributed by atoms with E-state index < -0.39 is 0 Å². The molecule has 0 spiro atoms. The molecule has 1 heterocycles. The summed E-state index contributed by atoms with van der Waals surface area (Å²) < 4.78 is 0. The van der Waals surface area contributed by atoms with Gasteiger partial charge in [-0.3, -0.25) is 0 Å². The maximum atomic E-state index is 10.6. The fourth-order valence-corrected chi connectivity index (χ4v) is 2.92. The molecule has 0 saturated heterocycles. The Morgan fingerprint density at radius 1 is 1.28 bits per heavy atom. The largest absolute Gasteiger partial charge is 0.388 e. The molecule has 3 nitrogen and oxygen atoms in total. The summed E-state index contributed by atoms with van der Waals surface area (Å²) in [5.74, 6) is 1.21. The van der Waals surface area contributed by atoms with Crippen LogP contribution in [0.5, 0.6) is 0 Å². The molecular weight excluding hydrogens is 224 g/mol. The lowest BCUT2D eigenvalue weighted by Gasteiger charge is -2.30. The molecule has 3 heteroatoms. The molecule has 1 saturated carbocycles. The maximum Gasteiger partial charge on any atom is 0.0837 e. The molecule has 0 radical (unpaired) electrons. The zero-order chi connectivity index (χ0) is 13.1. The summed E-state index contributed by atoms with van der Waals surface area (Å²) in [4.78, 5) is 0. The van der Waals surface area contributed by atoms with E-state index in [2.05, 4.69) is 24.0 Å². The molecule has 1 unspecified atom stereocenters. The Morgan fingerprint density at radius 3 is 2.56 bits per heavy atom. The third-order valence-electron chi connectivity index (χ3n) is 4.19. The smallest absolute Gasteiger partial charge is 0.0837 e. The summed E-state index contributed by atoms with van der Waals surface area (Å²) in [5.41, 5.74) is 2.85. The molecule has 0 bridgehead atoms. The van der Waals surface area contributed by atoms with Crippen molar-refractivity contribution in [2.24, 2.45) is 11.8 Å². The van der Waals surface area contributed by atoms with Gasteiger partial charge in [0, 0.05) is 5.56 Å². The van der Waals surface area contributed by atoms with Gasteiger partial charge < -0.3 is 5.11 Å². The van der Waals surface area contributed by atoms with Crippen molar-refractivity contribution in [3.63, 3.8) is 0 Å². The van der Waals surface area contributed by atoms with E-state index in [1.165, 1.54) is 12.8 Å². The maximum absolute atomic E-state index is 10.6. The van der Waals surface area contributed by atoms with E-state index in [1.807, 2.05) is 13.0 Å². The second-order valence-electron chi connectivity index (χ2n) is 5.71. The number of aryl methyl sites for hydroxylation is 2. The lowest BCUT2D eigenvalue weighted by molar-refractivity contribution is 0.0743. The molecule has 100 valence electrons. The van der Waals surface area contributed by atoms with Gasteiger partial charge in [-0.05, 0) is 44.1 Å². The monoisotopic (exact) mass is 248 g/mol. The summed E-state index contributed by atoms with van der Waals surface area (Å²) in [7, 11) is 0. The molecule has 1 atom stereocenters. The van der Waals surface area contributed by atoms with Gasteiger partial charge in [-0.15, -0.1) is 0 Å².